The molecule has 1 rings (SSSR count). The van der Waals surface area contributed by atoms with Crippen molar-refractivity contribution in [2.75, 3.05) is 12.8 Å². The first-order chi connectivity index (χ1) is 6.94. The summed E-state index contributed by atoms with van der Waals surface area (Å²) in [6.45, 7) is 6.73. The molecule has 1 aromatic rings. The minimum atomic E-state index is 0.313. The molecule has 4 heteroatoms. The van der Waals surface area contributed by atoms with E-state index in [0.717, 1.165) is 5.75 Å². The van der Waals surface area contributed by atoms with Crippen LogP contribution in [0.1, 0.15) is 32.5 Å². The molecule has 1 heterocycles. The van der Waals surface area contributed by atoms with Crippen LogP contribution in [0.15, 0.2) is 12.3 Å². The molecule has 0 radical (unpaired) electrons. The van der Waals surface area contributed by atoms with Crippen molar-refractivity contribution in [2.45, 2.75) is 31.6 Å². The average molecular weight is 227 g/mol. The van der Waals surface area contributed by atoms with E-state index in [1.54, 1.807) is 0 Å². The second kappa shape index (κ2) is 5.03. The maximum absolute atomic E-state index is 4.20. The maximum Gasteiger partial charge on any atom is 0.0581 e. The van der Waals surface area contributed by atoms with E-state index in [2.05, 4.69) is 37.3 Å². The van der Waals surface area contributed by atoms with E-state index in [0.29, 0.717) is 10.8 Å². The van der Waals surface area contributed by atoms with Crippen molar-refractivity contribution < 1.29 is 0 Å². The number of hydrogen-bond donors (Lipinski definition) is 1. The Kier molecular flexibility index (Phi) is 4.22. The number of nitrogens with one attached hydrogen (secondary N) is 1. The number of aryl methyl sites for hydroxylation is 1. The minimum absolute atomic E-state index is 0.313. The van der Waals surface area contributed by atoms with E-state index < -0.39 is 0 Å². The van der Waals surface area contributed by atoms with Gasteiger partial charge in [0.05, 0.1) is 11.7 Å². The summed E-state index contributed by atoms with van der Waals surface area (Å²) in [6.07, 6.45) is 1.85. The van der Waals surface area contributed by atoms with Gasteiger partial charge >= 0.3 is 0 Å². The molecule has 0 amide bonds. The summed E-state index contributed by atoms with van der Waals surface area (Å²) in [5, 5.41) is 7.53. The van der Waals surface area contributed by atoms with Crippen LogP contribution >= 0.6 is 11.8 Å². The standard InChI is InChI=1S/C11H21N3S/c1-11(2,3)15-8-9(12-4)10-6-7-13-14(10)5/h6-7,9,12H,8H2,1-5H3. The molecule has 0 saturated carbocycles. The van der Waals surface area contributed by atoms with Gasteiger partial charge in [-0.1, -0.05) is 20.8 Å². The van der Waals surface area contributed by atoms with Gasteiger partial charge in [0.25, 0.3) is 0 Å². The van der Waals surface area contributed by atoms with Crippen LogP contribution in [0.2, 0.25) is 0 Å². The average Bonchev–Trinajstić information content (AvgIpc) is 2.52. The van der Waals surface area contributed by atoms with Gasteiger partial charge in [0.1, 0.15) is 0 Å². The van der Waals surface area contributed by atoms with Gasteiger partial charge in [0.2, 0.25) is 0 Å². The third-order valence-electron chi connectivity index (χ3n) is 2.25. The molecule has 0 saturated heterocycles. The highest BCUT2D eigenvalue weighted by Crippen LogP contribution is 2.27. The van der Waals surface area contributed by atoms with E-state index in [4.69, 9.17) is 0 Å². The molecule has 0 aliphatic rings. The smallest absolute Gasteiger partial charge is 0.0581 e. The third-order valence-corrected chi connectivity index (χ3v) is 3.61. The maximum atomic E-state index is 4.20. The molecule has 1 atom stereocenters. The van der Waals surface area contributed by atoms with Crippen LogP contribution in [0, 0.1) is 0 Å². The topological polar surface area (TPSA) is 29.9 Å². The lowest BCUT2D eigenvalue weighted by molar-refractivity contribution is 0.583. The zero-order chi connectivity index (χ0) is 11.5. The van der Waals surface area contributed by atoms with E-state index in [1.807, 2.05) is 36.7 Å². The largest absolute Gasteiger partial charge is 0.311 e. The number of thioether (sulfide) groups is 1. The van der Waals surface area contributed by atoms with Crippen molar-refractivity contribution in [2.24, 2.45) is 7.05 Å². The van der Waals surface area contributed by atoms with E-state index in [-0.39, 0.29) is 0 Å². The second-order valence-electron chi connectivity index (χ2n) is 4.64. The fraction of sp³-hybridized carbons (Fsp3) is 0.727. The number of nitrogens with zero attached hydrogens (tertiary/aromatic N) is 2. The SMILES string of the molecule is CNC(CSC(C)(C)C)c1ccnn1C. The van der Waals surface area contributed by atoms with Crippen LogP contribution in [-0.4, -0.2) is 27.3 Å². The molecule has 0 aromatic carbocycles. The van der Waals surface area contributed by atoms with Gasteiger partial charge in [-0.15, -0.1) is 0 Å². The van der Waals surface area contributed by atoms with Gasteiger partial charge in [0, 0.05) is 23.7 Å². The highest BCUT2D eigenvalue weighted by Gasteiger charge is 2.17. The van der Waals surface area contributed by atoms with Crippen LogP contribution < -0.4 is 5.32 Å². The number of aromatic nitrogens is 2. The van der Waals surface area contributed by atoms with E-state index >= 15 is 0 Å². The predicted molar refractivity (Wildman–Crippen MR) is 67.2 cm³/mol. The molecule has 0 aliphatic carbocycles. The van der Waals surface area contributed by atoms with Crippen LogP contribution in [0.3, 0.4) is 0 Å². The van der Waals surface area contributed by atoms with E-state index in [9.17, 15) is 0 Å². The molecule has 1 aromatic heterocycles. The van der Waals surface area contributed by atoms with Gasteiger partial charge in [-0.25, -0.2) is 0 Å². The molecular formula is C11H21N3S. The van der Waals surface area contributed by atoms with Crippen molar-refractivity contribution in [3.8, 4) is 0 Å². The lowest BCUT2D eigenvalue weighted by Crippen LogP contribution is -2.24. The summed E-state index contributed by atoms with van der Waals surface area (Å²) in [7, 11) is 3.99. The molecule has 1 unspecified atom stereocenters. The zero-order valence-corrected chi connectivity index (χ0v) is 11.1. The van der Waals surface area contributed by atoms with Gasteiger partial charge in [-0.2, -0.15) is 16.9 Å². The Bertz CT molecular complexity index is 301. The summed E-state index contributed by atoms with van der Waals surface area (Å²) in [5.41, 5.74) is 1.24. The lowest BCUT2D eigenvalue weighted by Gasteiger charge is -2.22. The summed E-state index contributed by atoms with van der Waals surface area (Å²) < 4.78 is 2.25. The summed E-state index contributed by atoms with van der Waals surface area (Å²) in [5.74, 6) is 1.07. The van der Waals surface area contributed by atoms with Gasteiger partial charge in [-0.05, 0) is 13.1 Å². The van der Waals surface area contributed by atoms with Crippen molar-refractivity contribution in [1.29, 1.82) is 0 Å². The Labute approximate surface area is 96.6 Å². The molecule has 86 valence electrons. The summed E-state index contributed by atoms with van der Waals surface area (Å²) >= 11 is 1.97. The van der Waals surface area contributed by atoms with E-state index in [1.165, 1.54) is 5.69 Å². The number of hydrogen-bond acceptors (Lipinski definition) is 3. The molecule has 3 nitrogen and oxygen atoms in total. The van der Waals surface area contributed by atoms with Crippen LogP contribution in [0.5, 0.6) is 0 Å². The number of rotatable bonds is 4. The van der Waals surface area contributed by atoms with Gasteiger partial charge < -0.3 is 5.32 Å². The van der Waals surface area contributed by atoms with Crippen LogP contribution in [0.4, 0.5) is 0 Å². The molecule has 15 heavy (non-hydrogen) atoms. The van der Waals surface area contributed by atoms with Crippen molar-refractivity contribution in [1.82, 2.24) is 15.1 Å². The Balaban J connectivity index is 2.61. The van der Waals surface area contributed by atoms with Crippen LogP contribution in [0.25, 0.3) is 0 Å². The monoisotopic (exact) mass is 227 g/mol. The zero-order valence-electron chi connectivity index (χ0n) is 10.2. The fourth-order valence-electron chi connectivity index (χ4n) is 1.38. The van der Waals surface area contributed by atoms with Crippen LogP contribution in [-0.2, 0) is 7.05 Å². The van der Waals surface area contributed by atoms with Gasteiger partial charge in [-0.3, -0.25) is 4.68 Å². The molecule has 0 aliphatic heterocycles. The Hall–Kier alpha value is -0.480. The minimum Gasteiger partial charge on any atom is -0.311 e. The first-order valence-electron chi connectivity index (χ1n) is 5.23. The Morgan fingerprint density at radius 1 is 1.53 bits per heavy atom. The highest BCUT2D eigenvalue weighted by atomic mass is 32.2. The second-order valence-corrected chi connectivity index (χ2v) is 6.49. The highest BCUT2D eigenvalue weighted by molar-refractivity contribution is 8.00. The normalized spacial score (nSPS) is 14.2. The summed E-state index contributed by atoms with van der Waals surface area (Å²) in [4.78, 5) is 0. The molecule has 0 spiro atoms. The van der Waals surface area contributed by atoms with Gasteiger partial charge in [0.15, 0.2) is 0 Å². The molecule has 0 fully saturated rings. The lowest BCUT2D eigenvalue weighted by atomic mass is 10.2. The molecule has 1 N–H and O–H groups in total. The Morgan fingerprint density at radius 2 is 2.20 bits per heavy atom. The molecular weight excluding hydrogens is 206 g/mol. The van der Waals surface area contributed by atoms with Crippen molar-refractivity contribution >= 4 is 11.8 Å². The quantitative estimate of drug-likeness (QED) is 0.855. The Morgan fingerprint density at radius 3 is 2.60 bits per heavy atom. The third kappa shape index (κ3) is 3.87. The molecule has 0 bridgehead atoms. The summed E-state index contributed by atoms with van der Waals surface area (Å²) in [6, 6.07) is 2.45. The fourth-order valence-corrected chi connectivity index (χ4v) is 2.38. The van der Waals surface area contributed by atoms with Crippen molar-refractivity contribution in [3.05, 3.63) is 18.0 Å². The first kappa shape index (κ1) is 12.6. The predicted octanol–water partition coefficient (Wildman–Crippen LogP) is 2.21. The van der Waals surface area contributed by atoms with Crippen molar-refractivity contribution in [3.63, 3.8) is 0 Å². The first-order valence-corrected chi connectivity index (χ1v) is 6.22.